The Bertz CT molecular complexity index is 455. The van der Waals surface area contributed by atoms with Crippen molar-refractivity contribution in [3.05, 3.63) is 11.8 Å². The van der Waals surface area contributed by atoms with E-state index in [0.29, 0.717) is 11.7 Å². The van der Waals surface area contributed by atoms with Crippen molar-refractivity contribution in [1.29, 1.82) is 0 Å². The Labute approximate surface area is 116 Å². The number of anilines is 2. The number of alkyl halides is 3. The van der Waals surface area contributed by atoms with Crippen LogP contribution >= 0.6 is 0 Å². The molecule has 0 amide bonds. The smallest absolute Gasteiger partial charge is 0.359 e. The van der Waals surface area contributed by atoms with Gasteiger partial charge in [0.25, 0.3) is 0 Å². The lowest BCUT2D eigenvalue weighted by Crippen LogP contribution is -2.26. The Morgan fingerprint density at radius 2 is 1.95 bits per heavy atom. The third kappa shape index (κ3) is 3.52. The van der Waals surface area contributed by atoms with Crippen LogP contribution in [0.4, 0.5) is 24.9 Å². The average molecular weight is 288 g/mol. The number of aromatic nitrogens is 2. The molecule has 0 aromatic carbocycles. The van der Waals surface area contributed by atoms with E-state index in [2.05, 4.69) is 15.3 Å². The Morgan fingerprint density at radius 3 is 2.50 bits per heavy atom. The van der Waals surface area contributed by atoms with Gasteiger partial charge in [-0.2, -0.15) is 18.2 Å². The van der Waals surface area contributed by atoms with Crippen molar-refractivity contribution in [2.24, 2.45) is 5.92 Å². The molecule has 0 radical (unpaired) electrons. The lowest BCUT2D eigenvalue weighted by Gasteiger charge is -2.23. The predicted molar refractivity (Wildman–Crippen MR) is 71.8 cm³/mol. The molecule has 1 N–H and O–H groups in total. The van der Waals surface area contributed by atoms with Crippen LogP contribution in [0.3, 0.4) is 0 Å². The summed E-state index contributed by atoms with van der Waals surface area (Å²) in [5.41, 5.74) is -0.912. The summed E-state index contributed by atoms with van der Waals surface area (Å²) in [7, 11) is 3.29. The molecule has 0 aliphatic heterocycles. The zero-order valence-corrected chi connectivity index (χ0v) is 11.7. The number of nitrogens with zero attached hydrogens (tertiary/aromatic N) is 3. The number of hydrogen-bond acceptors (Lipinski definition) is 4. The monoisotopic (exact) mass is 288 g/mol. The first-order valence-corrected chi connectivity index (χ1v) is 6.75. The molecule has 7 heteroatoms. The quantitative estimate of drug-likeness (QED) is 0.924. The summed E-state index contributed by atoms with van der Waals surface area (Å²) in [4.78, 5) is 9.36. The second kappa shape index (κ2) is 5.85. The summed E-state index contributed by atoms with van der Waals surface area (Å²) in [6.07, 6.45) is 0.230. The number of halogens is 3. The Balaban J connectivity index is 2.20. The summed E-state index contributed by atoms with van der Waals surface area (Å²) in [5.74, 6) is 0.846. The highest BCUT2D eigenvalue weighted by Crippen LogP contribution is 2.31. The van der Waals surface area contributed by atoms with E-state index in [9.17, 15) is 13.2 Å². The van der Waals surface area contributed by atoms with Gasteiger partial charge in [0, 0.05) is 26.7 Å². The molecule has 1 heterocycles. The molecule has 0 spiro atoms. The number of hydrogen-bond donors (Lipinski definition) is 1. The van der Waals surface area contributed by atoms with E-state index >= 15 is 0 Å². The number of nitrogens with one attached hydrogen (secondary N) is 1. The molecule has 2 rings (SSSR count). The molecular weight excluding hydrogens is 269 g/mol. The first-order chi connectivity index (χ1) is 9.40. The zero-order chi connectivity index (χ0) is 14.8. The van der Waals surface area contributed by atoms with Gasteiger partial charge in [-0.1, -0.05) is 12.8 Å². The fourth-order valence-corrected chi connectivity index (χ4v) is 2.56. The molecule has 1 saturated carbocycles. The van der Waals surface area contributed by atoms with Gasteiger partial charge in [0.1, 0.15) is 5.82 Å². The van der Waals surface area contributed by atoms with Gasteiger partial charge in [-0.3, -0.25) is 0 Å². The van der Waals surface area contributed by atoms with Gasteiger partial charge < -0.3 is 10.2 Å². The van der Waals surface area contributed by atoms with E-state index in [0.717, 1.165) is 25.5 Å². The van der Waals surface area contributed by atoms with Crippen molar-refractivity contribution in [2.45, 2.75) is 31.9 Å². The first kappa shape index (κ1) is 14.9. The topological polar surface area (TPSA) is 41.1 Å². The Hall–Kier alpha value is -1.53. The average Bonchev–Trinajstić information content (AvgIpc) is 2.90. The molecular formula is C13H19F3N4. The third-order valence-corrected chi connectivity index (χ3v) is 3.62. The van der Waals surface area contributed by atoms with Gasteiger partial charge in [0.05, 0.1) is 0 Å². The second-order valence-corrected chi connectivity index (χ2v) is 5.21. The fraction of sp³-hybridized carbons (Fsp3) is 0.692. The molecule has 4 nitrogen and oxygen atoms in total. The lowest BCUT2D eigenvalue weighted by atomic mass is 10.1. The molecule has 1 aliphatic rings. The molecule has 112 valence electrons. The molecule has 0 atom stereocenters. The van der Waals surface area contributed by atoms with E-state index < -0.39 is 11.9 Å². The summed E-state index contributed by atoms with van der Waals surface area (Å²) >= 11 is 0. The minimum atomic E-state index is -4.46. The van der Waals surface area contributed by atoms with Gasteiger partial charge in [0.2, 0.25) is 5.95 Å². The van der Waals surface area contributed by atoms with Crippen LogP contribution in [0.15, 0.2) is 6.07 Å². The van der Waals surface area contributed by atoms with E-state index in [1.165, 1.54) is 19.9 Å². The second-order valence-electron chi connectivity index (χ2n) is 5.21. The molecule has 1 aliphatic carbocycles. The molecule has 1 fully saturated rings. The van der Waals surface area contributed by atoms with Gasteiger partial charge in [-0.25, -0.2) is 4.98 Å². The van der Waals surface area contributed by atoms with Gasteiger partial charge >= 0.3 is 6.18 Å². The first-order valence-electron chi connectivity index (χ1n) is 6.75. The van der Waals surface area contributed by atoms with E-state index in [-0.39, 0.29) is 5.95 Å². The zero-order valence-electron chi connectivity index (χ0n) is 11.7. The van der Waals surface area contributed by atoms with Gasteiger partial charge in [-0.15, -0.1) is 0 Å². The van der Waals surface area contributed by atoms with Crippen molar-refractivity contribution in [2.75, 3.05) is 30.9 Å². The molecule has 0 saturated heterocycles. The normalized spacial score (nSPS) is 16.4. The highest BCUT2D eigenvalue weighted by molar-refractivity contribution is 5.44. The van der Waals surface area contributed by atoms with Crippen molar-refractivity contribution in [1.82, 2.24) is 9.97 Å². The third-order valence-electron chi connectivity index (χ3n) is 3.62. The van der Waals surface area contributed by atoms with Crippen molar-refractivity contribution < 1.29 is 13.2 Å². The highest BCUT2D eigenvalue weighted by atomic mass is 19.4. The SMILES string of the molecule is CNc1nc(N(C)CC2CCCC2)cc(C(F)(F)F)n1. The van der Waals surface area contributed by atoms with Crippen LogP contribution < -0.4 is 10.2 Å². The molecule has 20 heavy (non-hydrogen) atoms. The summed E-state index contributed by atoms with van der Waals surface area (Å²) in [6.45, 7) is 0.734. The van der Waals surface area contributed by atoms with E-state index in [1.54, 1.807) is 11.9 Å². The van der Waals surface area contributed by atoms with Gasteiger partial charge in [-0.05, 0) is 18.8 Å². The van der Waals surface area contributed by atoms with Crippen LogP contribution in [0.5, 0.6) is 0 Å². The molecule has 1 aromatic rings. The molecule has 0 unspecified atom stereocenters. The lowest BCUT2D eigenvalue weighted by molar-refractivity contribution is -0.141. The van der Waals surface area contributed by atoms with Gasteiger partial charge in [0.15, 0.2) is 5.69 Å². The van der Waals surface area contributed by atoms with Crippen LogP contribution in [0.2, 0.25) is 0 Å². The van der Waals surface area contributed by atoms with Crippen LogP contribution in [0, 0.1) is 5.92 Å². The van der Waals surface area contributed by atoms with E-state index in [1.807, 2.05) is 0 Å². The number of rotatable bonds is 4. The maximum Gasteiger partial charge on any atom is 0.433 e. The minimum absolute atomic E-state index is 0.00639. The predicted octanol–water partition coefficient (Wildman–Crippen LogP) is 3.16. The van der Waals surface area contributed by atoms with Crippen LogP contribution in [0.25, 0.3) is 0 Å². The highest BCUT2D eigenvalue weighted by Gasteiger charge is 2.34. The fourth-order valence-electron chi connectivity index (χ4n) is 2.56. The summed E-state index contributed by atoms with van der Waals surface area (Å²) in [6, 6.07) is 1.01. The molecule has 1 aromatic heterocycles. The Morgan fingerprint density at radius 1 is 1.30 bits per heavy atom. The maximum atomic E-state index is 12.8. The summed E-state index contributed by atoms with van der Waals surface area (Å²) in [5, 5.41) is 2.58. The van der Waals surface area contributed by atoms with Crippen molar-refractivity contribution >= 4 is 11.8 Å². The van der Waals surface area contributed by atoms with Crippen LogP contribution in [0.1, 0.15) is 31.4 Å². The Kier molecular flexibility index (Phi) is 4.35. The van der Waals surface area contributed by atoms with Crippen molar-refractivity contribution in [3.8, 4) is 0 Å². The summed E-state index contributed by atoms with van der Waals surface area (Å²) < 4.78 is 38.4. The largest absolute Gasteiger partial charge is 0.433 e. The molecule has 0 bridgehead atoms. The van der Waals surface area contributed by atoms with E-state index in [4.69, 9.17) is 0 Å². The standard InChI is InChI=1S/C13H19F3N4/c1-17-12-18-10(13(14,15)16)7-11(19-12)20(2)8-9-5-3-4-6-9/h7,9H,3-6,8H2,1-2H3,(H,17,18,19). The van der Waals surface area contributed by atoms with Crippen molar-refractivity contribution in [3.63, 3.8) is 0 Å². The van der Waals surface area contributed by atoms with Crippen LogP contribution in [-0.4, -0.2) is 30.6 Å². The minimum Gasteiger partial charge on any atom is -0.359 e. The maximum absolute atomic E-state index is 12.8. The van der Waals surface area contributed by atoms with Crippen LogP contribution in [-0.2, 0) is 6.18 Å².